The van der Waals surface area contributed by atoms with Crippen molar-refractivity contribution < 1.29 is 0 Å². The zero-order valence-corrected chi connectivity index (χ0v) is 14.3. The van der Waals surface area contributed by atoms with Gasteiger partial charge in [0.2, 0.25) is 0 Å². The van der Waals surface area contributed by atoms with E-state index < -0.39 is 0 Å². The third-order valence-electron chi connectivity index (χ3n) is 3.80. The highest BCUT2D eigenvalue weighted by molar-refractivity contribution is 5.25. The zero-order valence-electron chi connectivity index (χ0n) is 14.3. The van der Waals surface area contributed by atoms with Crippen LogP contribution in [0.2, 0.25) is 0 Å². The SMILES string of the molecule is CC(CNC(C)(C)C)c1ccc(CN(C)C(C)C)cc1. The predicted molar refractivity (Wildman–Crippen MR) is 89.2 cm³/mol. The Morgan fingerprint density at radius 2 is 1.60 bits per heavy atom. The average molecular weight is 276 g/mol. The van der Waals surface area contributed by atoms with Crippen molar-refractivity contribution in [3.63, 3.8) is 0 Å². The second kappa shape index (κ2) is 7.24. The number of rotatable bonds is 6. The van der Waals surface area contributed by atoms with Crippen LogP contribution in [0.5, 0.6) is 0 Å². The standard InChI is InChI=1S/C18H32N2/c1-14(2)20(7)13-16-8-10-17(11-9-16)15(3)12-19-18(4,5)6/h8-11,14-15,19H,12-13H2,1-7H3. The molecule has 0 radical (unpaired) electrons. The summed E-state index contributed by atoms with van der Waals surface area (Å²) in [7, 11) is 2.18. The quantitative estimate of drug-likeness (QED) is 0.844. The fourth-order valence-electron chi connectivity index (χ4n) is 2.00. The van der Waals surface area contributed by atoms with Gasteiger partial charge in [-0.15, -0.1) is 0 Å². The van der Waals surface area contributed by atoms with Gasteiger partial charge in [0.15, 0.2) is 0 Å². The Labute approximate surface area is 125 Å². The predicted octanol–water partition coefficient (Wildman–Crippen LogP) is 4.02. The van der Waals surface area contributed by atoms with Crippen molar-refractivity contribution in [2.75, 3.05) is 13.6 Å². The van der Waals surface area contributed by atoms with Gasteiger partial charge in [0.05, 0.1) is 0 Å². The number of nitrogens with one attached hydrogen (secondary N) is 1. The maximum Gasteiger partial charge on any atom is 0.0233 e. The van der Waals surface area contributed by atoms with E-state index in [0.717, 1.165) is 13.1 Å². The minimum absolute atomic E-state index is 0.189. The van der Waals surface area contributed by atoms with Gasteiger partial charge in [0, 0.05) is 24.7 Å². The third kappa shape index (κ3) is 6.06. The lowest BCUT2D eigenvalue weighted by Crippen LogP contribution is -2.38. The summed E-state index contributed by atoms with van der Waals surface area (Å²) in [4.78, 5) is 2.36. The molecule has 1 rings (SSSR count). The van der Waals surface area contributed by atoms with Crippen molar-refractivity contribution in [2.45, 2.75) is 65.6 Å². The first-order valence-electron chi connectivity index (χ1n) is 7.73. The molecular weight excluding hydrogens is 244 g/mol. The maximum atomic E-state index is 3.57. The highest BCUT2D eigenvalue weighted by Crippen LogP contribution is 2.17. The molecular formula is C18H32N2. The normalized spacial score (nSPS) is 14.1. The molecule has 0 heterocycles. The molecule has 2 heteroatoms. The summed E-state index contributed by atoms with van der Waals surface area (Å²) in [6.07, 6.45) is 0. The molecule has 0 aliphatic rings. The first-order valence-corrected chi connectivity index (χ1v) is 7.73. The second-order valence-corrected chi connectivity index (χ2v) is 7.28. The molecule has 0 aliphatic carbocycles. The van der Waals surface area contributed by atoms with E-state index in [0.29, 0.717) is 12.0 Å². The summed E-state index contributed by atoms with van der Waals surface area (Å²) >= 11 is 0. The van der Waals surface area contributed by atoms with Crippen molar-refractivity contribution in [1.82, 2.24) is 10.2 Å². The summed E-state index contributed by atoms with van der Waals surface area (Å²) in [5.41, 5.74) is 2.99. The van der Waals surface area contributed by atoms with E-state index in [1.54, 1.807) is 0 Å². The van der Waals surface area contributed by atoms with E-state index in [9.17, 15) is 0 Å². The van der Waals surface area contributed by atoms with Crippen LogP contribution >= 0.6 is 0 Å². The summed E-state index contributed by atoms with van der Waals surface area (Å²) in [5, 5.41) is 3.57. The fourth-order valence-corrected chi connectivity index (χ4v) is 2.00. The van der Waals surface area contributed by atoms with E-state index in [2.05, 4.69) is 83.1 Å². The maximum absolute atomic E-state index is 3.57. The van der Waals surface area contributed by atoms with Gasteiger partial charge in [-0.1, -0.05) is 31.2 Å². The van der Waals surface area contributed by atoms with Gasteiger partial charge in [-0.05, 0) is 58.7 Å². The van der Waals surface area contributed by atoms with E-state index in [1.165, 1.54) is 11.1 Å². The number of nitrogens with zero attached hydrogens (tertiary/aromatic N) is 1. The fraction of sp³-hybridized carbons (Fsp3) is 0.667. The molecule has 0 saturated heterocycles. The van der Waals surface area contributed by atoms with Crippen LogP contribution in [0.15, 0.2) is 24.3 Å². The molecule has 0 bridgehead atoms. The summed E-state index contributed by atoms with van der Waals surface area (Å²) < 4.78 is 0. The van der Waals surface area contributed by atoms with Crippen LogP contribution in [0.4, 0.5) is 0 Å². The lowest BCUT2D eigenvalue weighted by molar-refractivity contribution is 0.266. The molecule has 20 heavy (non-hydrogen) atoms. The van der Waals surface area contributed by atoms with Crippen molar-refractivity contribution in [3.8, 4) is 0 Å². The van der Waals surface area contributed by atoms with Crippen molar-refractivity contribution in [3.05, 3.63) is 35.4 Å². The number of hydrogen-bond acceptors (Lipinski definition) is 2. The second-order valence-electron chi connectivity index (χ2n) is 7.28. The molecule has 1 aromatic rings. The highest BCUT2D eigenvalue weighted by atomic mass is 15.1. The topological polar surface area (TPSA) is 15.3 Å². The summed E-state index contributed by atoms with van der Waals surface area (Å²) in [6.45, 7) is 15.4. The number of benzene rings is 1. The van der Waals surface area contributed by atoms with Crippen LogP contribution in [-0.4, -0.2) is 30.1 Å². The Bertz CT molecular complexity index is 387. The van der Waals surface area contributed by atoms with Crippen LogP contribution in [0.1, 0.15) is 58.6 Å². The largest absolute Gasteiger partial charge is 0.311 e. The summed E-state index contributed by atoms with van der Waals surface area (Å²) in [5.74, 6) is 0.547. The van der Waals surface area contributed by atoms with E-state index >= 15 is 0 Å². The lowest BCUT2D eigenvalue weighted by Gasteiger charge is -2.24. The Hall–Kier alpha value is -0.860. The molecule has 0 saturated carbocycles. The molecule has 0 spiro atoms. The van der Waals surface area contributed by atoms with E-state index in [-0.39, 0.29) is 5.54 Å². The Kier molecular flexibility index (Phi) is 6.22. The van der Waals surface area contributed by atoms with Gasteiger partial charge in [-0.2, -0.15) is 0 Å². The molecule has 1 aromatic carbocycles. The average Bonchev–Trinajstić information content (AvgIpc) is 2.35. The highest BCUT2D eigenvalue weighted by Gasteiger charge is 2.12. The third-order valence-corrected chi connectivity index (χ3v) is 3.80. The molecule has 1 N–H and O–H groups in total. The Morgan fingerprint density at radius 1 is 1.05 bits per heavy atom. The monoisotopic (exact) mass is 276 g/mol. The first kappa shape index (κ1) is 17.2. The molecule has 0 aromatic heterocycles. The molecule has 1 atom stereocenters. The first-order chi connectivity index (χ1) is 9.19. The molecule has 0 aliphatic heterocycles. The van der Waals surface area contributed by atoms with E-state index in [4.69, 9.17) is 0 Å². The van der Waals surface area contributed by atoms with Crippen molar-refractivity contribution >= 4 is 0 Å². The van der Waals surface area contributed by atoms with Gasteiger partial charge in [0.1, 0.15) is 0 Å². The minimum atomic E-state index is 0.189. The van der Waals surface area contributed by atoms with Gasteiger partial charge in [0.25, 0.3) is 0 Å². The van der Waals surface area contributed by atoms with Crippen LogP contribution in [0, 0.1) is 0 Å². The molecule has 1 unspecified atom stereocenters. The van der Waals surface area contributed by atoms with Gasteiger partial charge < -0.3 is 5.32 Å². The van der Waals surface area contributed by atoms with Crippen molar-refractivity contribution in [2.24, 2.45) is 0 Å². The van der Waals surface area contributed by atoms with Gasteiger partial charge in [-0.3, -0.25) is 4.90 Å². The molecule has 114 valence electrons. The van der Waals surface area contributed by atoms with Crippen molar-refractivity contribution in [1.29, 1.82) is 0 Å². The molecule has 0 fully saturated rings. The minimum Gasteiger partial charge on any atom is -0.311 e. The van der Waals surface area contributed by atoms with Crippen LogP contribution in [-0.2, 0) is 6.54 Å². The molecule has 2 nitrogen and oxygen atoms in total. The van der Waals surface area contributed by atoms with Crippen LogP contribution in [0.25, 0.3) is 0 Å². The Balaban J connectivity index is 2.57. The summed E-state index contributed by atoms with van der Waals surface area (Å²) in [6, 6.07) is 9.67. The van der Waals surface area contributed by atoms with Crippen LogP contribution in [0.3, 0.4) is 0 Å². The molecule has 0 amide bonds. The number of hydrogen-bond donors (Lipinski definition) is 1. The zero-order chi connectivity index (χ0) is 15.3. The smallest absolute Gasteiger partial charge is 0.0233 e. The van der Waals surface area contributed by atoms with Gasteiger partial charge in [-0.25, -0.2) is 0 Å². The Morgan fingerprint density at radius 3 is 2.05 bits per heavy atom. The van der Waals surface area contributed by atoms with E-state index in [1.807, 2.05) is 0 Å². The lowest BCUT2D eigenvalue weighted by atomic mass is 9.98. The van der Waals surface area contributed by atoms with Gasteiger partial charge >= 0.3 is 0 Å². The van der Waals surface area contributed by atoms with Crippen LogP contribution < -0.4 is 5.32 Å².